The first-order chi connectivity index (χ1) is 12.6. The van der Waals surface area contributed by atoms with E-state index in [-0.39, 0.29) is 17.7 Å². The Kier molecular flexibility index (Phi) is 6.63. The molecular weight excluding hydrogens is 328 g/mol. The fourth-order valence-corrected chi connectivity index (χ4v) is 3.90. The van der Waals surface area contributed by atoms with Gasteiger partial charge in [-0.3, -0.25) is 14.5 Å². The number of likely N-dealkylation sites (tertiary alicyclic amines) is 1. The first-order valence-corrected chi connectivity index (χ1v) is 9.71. The largest absolute Gasteiger partial charge is 0.369 e. The molecule has 0 aromatic heterocycles. The van der Waals surface area contributed by atoms with E-state index >= 15 is 0 Å². The highest BCUT2D eigenvalue weighted by atomic mass is 16.2. The van der Waals surface area contributed by atoms with Gasteiger partial charge >= 0.3 is 0 Å². The van der Waals surface area contributed by atoms with E-state index in [2.05, 4.69) is 27.7 Å². The van der Waals surface area contributed by atoms with Gasteiger partial charge < -0.3 is 16.4 Å². The summed E-state index contributed by atoms with van der Waals surface area (Å²) in [6, 6.07) is 8.06. The number of amides is 2. The van der Waals surface area contributed by atoms with Gasteiger partial charge in [0.15, 0.2) is 0 Å². The third-order valence-electron chi connectivity index (χ3n) is 5.55. The Morgan fingerprint density at radius 2 is 2.04 bits per heavy atom. The first kappa shape index (κ1) is 18.9. The van der Waals surface area contributed by atoms with Crippen LogP contribution in [0.15, 0.2) is 24.3 Å². The number of rotatable bonds is 7. The Morgan fingerprint density at radius 3 is 2.73 bits per heavy atom. The van der Waals surface area contributed by atoms with Gasteiger partial charge in [0.2, 0.25) is 11.8 Å². The van der Waals surface area contributed by atoms with Crippen molar-refractivity contribution in [3.63, 3.8) is 0 Å². The number of piperidine rings is 1. The van der Waals surface area contributed by atoms with E-state index in [1.54, 1.807) is 0 Å². The van der Waals surface area contributed by atoms with Crippen molar-refractivity contribution >= 4 is 17.5 Å². The molecule has 142 valence electrons. The molecule has 2 fully saturated rings. The van der Waals surface area contributed by atoms with E-state index < -0.39 is 0 Å². The molecule has 0 saturated carbocycles. The predicted octanol–water partition coefficient (Wildman–Crippen LogP) is 1.71. The molecule has 0 aliphatic carbocycles. The summed E-state index contributed by atoms with van der Waals surface area (Å²) < 4.78 is 0. The average molecular weight is 358 g/mol. The molecule has 3 rings (SSSR count). The monoisotopic (exact) mass is 358 g/mol. The predicted molar refractivity (Wildman–Crippen MR) is 102 cm³/mol. The van der Waals surface area contributed by atoms with Gasteiger partial charge in [0, 0.05) is 24.6 Å². The van der Waals surface area contributed by atoms with E-state index in [0.717, 1.165) is 57.7 Å². The number of hydrogen-bond donors (Lipinski definition) is 3. The normalized spacial score (nSPS) is 21.6. The van der Waals surface area contributed by atoms with Crippen molar-refractivity contribution in [3.05, 3.63) is 29.8 Å². The van der Waals surface area contributed by atoms with Crippen molar-refractivity contribution in [2.24, 2.45) is 17.6 Å². The zero-order chi connectivity index (χ0) is 18.4. The average Bonchev–Trinajstić information content (AvgIpc) is 3.14. The molecule has 2 aliphatic rings. The molecule has 1 atom stereocenters. The Bertz CT molecular complexity index is 620. The topological polar surface area (TPSA) is 87.5 Å². The second-order valence-corrected chi connectivity index (χ2v) is 7.60. The van der Waals surface area contributed by atoms with Crippen molar-refractivity contribution < 1.29 is 9.59 Å². The molecule has 2 aliphatic heterocycles. The van der Waals surface area contributed by atoms with Crippen molar-refractivity contribution in [2.75, 3.05) is 31.5 Å². The molecule has 4 N–H and O–H groups in total. The molecule has 0 spiro atoms. The second kappa shape index (κ2) is 9.14. The minimum Gasteiger partial charge on any atom is -0.369 e. The number of carbonyl (C=O) groups excluding carboxylic acids is 2. The smallest absolute Gasteiger partial charge is 0.224 e. The number of nitrogens with zero attached hydrogens (tertiary/aromatic N) is 1. The van der Waals surface area contributed by atoms with Crippen LogP contribution in [0.25, 0.3) is 0 Å². The molecule has 26 heavy (non-hydrogen) atoms. The lowest BCUT2D eigenvalue weighted by Gasteiger charge is -2.30. The maximum absolute atomic E-state index is 12.2. The molecule has 2 heterocycles. The standard InChI is InChI=1S/C20H30N4O2/c21-20(26)17-7-10-24(11-8-17)14-16-2-1-3-18(12-16)23-19(25)5-4-15-6-9-22-13-15/h1-3,12,15,17,22H,4-11,13-14H2,(H2,21,26)(H,23,25). The number of carbonyl (C=O) groups is 2. The maximum Gasteiger partial charge on any atom is 0.224 e. The van der Waals surface area contributed by atoms with Crippen LogP contribution in [0.3, 0.4) is 0 Å². The first-order valence-electron chi connectivity index (χ1n) is 9.71. The van der Waals surface area contributed by atoms with E-state index in [0.29, 0.717) is 12.3 Å². The minimum atomic E-state index is -0.178. The van der Waals surface area contributed by atoms with E-state index in [4.69, 9.17) is 5.73 Å². The summed E-state index contributed by atoms with van der Waals surface area (Å²) in [5.74, 6) is 0.571. The minimum absolute atomic E-state index is 0.0203. The lowest BCUT2D eigenvalue weighted by Crippen LogP contribution is -2.38. The van der Waals surface area contributed by atoms with E-state index in [1.807, 2.05) is 12.1 Å². The van der Waals surface area contributed by atoms with Crippen LogP contribution in [0.5, 0.6) is 0 Å². The summed E-state index contributed by atoms with van der Waals surface area (Å²) in [7, 11) is 0. The van der Waals surface area contributed by atoms with Gasteiger partial charge in [-0.25, -0.2) is 0 Å². The Hall–Kier alpha value is -1.92. The molecule has 6 heteroatoms. The van der Waals surface area contributed by atoms with Crippen LogP contribution in [-0.2, 0) is 16.1 Å². The Labute approximate surface area is 155 Å². The Morgan fingerprint density at radius 1 is 1.23 bits per heavy atom. The van der Waals surface area contributed by atoms with Crippen LogP contribution < -0.4 is 16.4 Å². The second-order valence-electron chi connectivity index (χ2n) is 7.60. The summed E-state index contributed by atoms with van der Waals surface area (Å²) >= 11 is 0. The number of primary amides is 1. The highest BCUT2D eigenvalue weighted by Gasteiger charge is 2.23. The van der Waals surface area contributed by atoms with Crippen molar-refractivity contribution in [3.8, 4) is 0 Å². The Balaban J connectivity index is 1.45. The van der Waals surface area contributed by atoms with Gasteiger partial charge in [-0.1, -0.05) is 12.1 Å². The highest BCUT2D eigenvalue weighted by molar-refractivity contribution is 5.90. The lowest BCUT2D eigenvalue weighted by atomic mass is 9.96. The number of nitrogens with one attached hydrogen (secondary N) is 2. The fraction of sp³-hybridized carbons (Fsp3) is 0.600. The van der Waals surface area contributed by atoms with Gasteiger partial charge in [0.1, 0.15) is 0 Å². The molecule has 0 radical (unpaired) electrons. The lowest BCUT2D eigenvalue weighted by molar-refractivity contribution is -0.123. The molecule has 6 nitrogen and oxygen atoms in total. The van der Waals surface area contributed by atoms with Gasteiger partial charge in [-0.2, -0.15) is 0 Å². The third kappa shape index (κ3) is 5.54. The number of anilines is 1. The number of benzene rings is 1. The van der Waals surface area contributed by atoms with E-state index in [1.165, 1.54) is 12.0 Å². The SMILES string of the molecule is NC(=O)C1CCN(Cc2cccc(NC(=O)CCC3CCNC3)c2)CC1. The quantitative estimate of drug-likeness (QED) is 0.692. The summed E-state index contributed by atoms with van der Waals surface area (Å²) in [6.45, 7) is 4.72. The van der Waals surface area contributed by atoms with Crippen molar-refractivity contribution in [1.82, 2.24) is 10.2 Å². The third-order valence-corrected chi connectivity index (χ3v) is 5.55. The molecule has 1 unspecified atom stereocenters. The van der Waals surface area contributed by atoms with Crippen LogP contribution in [0.2, 0.25) is 0 Å². The zero-order valence-corrected chi connectivity index (χ0v) is 15.4. The molecule has 2 amide bonds. The summed E-state index contributed by atoms with van der Waals surface area (Å²) in [4.78, 5) is 25.8. The summed E-state index contributed by atoms with van der Waals surface area (Å²) in [6.07, 6.45) is 4.38. The van der Waals surface area contributed by atoms with Crippen LogP contribution >= 0.6 is 0 Å². The van der Waals surface area contributed by atoms with Crippen LogP contribution in [0, 0.1) is 11.8 Å². The van der Waals surface area contributed by atoms with Crippen LogP contribution in [-0.4, -0.2) is 42.9 Å². The molecular formula is C20H30N4O2. The molecule has 0 bridgehead atoms. The van der Waals surface area contributed by atoms with Gasteiger partial charge in [0.25, 0.3) is 0 Å². The van der Waals surface area contributed by atoms with Crippen molar-refractivity contribution in [2.45, 2.75) is 38.6 Å². The van der Waals surface area contributed by atoms with Crippen molar-refractivity contribution in [1.29, 1.82) is 0 Å². The van der Waals surface area contributed by atoms with Crippen LogP contribution in [0.4, 0.5) is 5.69 Å². The molecule has 1 aromatic rings. The van der Waals surface area contributed by atoms with E-state index in [9.17, 15) is 9.59 Å². The number of nitrogens with two attached hydrogens (primary N) is 1. The van der Waals surface area contributed by atoms with Gasteiger partial charge in [-0.05, 0) is 75.5 Å². The maximum atomic E-state index is 12.2. The van der Waals surface area contributed by atoms with Gasteiger partial charge in [-0.15, -0.1) is 0 Å². The molecule has 2 saturated heterocycles. The number of hydrogen-bond acceptors (Lipinski definition) is 4. The summed E-state index contributed by atoms with van der Waals surface area (Å²) in [5, 5.41) is 6.37. The highest BCUT2D eigenvalue weighted by Crippen LogP contribution is 2.20. The van der Waals surface area contributed by atoms with Crippen LogP contribution in [0.1, 0.15) is 37.7 Å². The van der Waals surface area contributed by atoms with Gasteiger partial charge in [0.05, 0.1) is 0 Å². The zero-order valence-electron chi connectivity index (χ0n) is 15.4. The summed E-state index contributed by atoms with van der Waals surface area (Å²) in [5.41, 5.74) is 7.44. The fourth-order valence-electron chi connectivity index (χ4n) is 3.90. The molecule has 1 aromatic carbocycles.